The normalized spacial score (nSPS) is 11.0. The zero-order valence-corrected chi connectivity index (χ0v) is 12.2. The molecule has 1 heterocycles. The van der Waals surface area contributed by atoms with Gasteiger partial charge in [-0.15, -0.1) is 0 Å². The van der Waals surface area contributed by atoms with Crippen molar-refractivity contribution in [1.29, 1.82) is 0 Å². The molecule has 0 saturated carbocycles. The molecule has 0 aliphatic rings. The molecule has 3 aromatic rings. The minimum atomic E-state index is -0.0570. The van der Waals surface area contributed by atoms with Gasteiger partial charge < -0.3 is 0 Å². The second-order valence-corrected chi connectivity index (χ2v) is 4.99. The fraction of sp³-hybridized carbons (Fsp3) is 0.0556. The van der Waals surface area contributed by atoms with Gasteiger partial charge in [-0.25, -0.2) is 0 Å². The SMILES string of the molecule is Cc1ccc(-c2n[nH]nc2/C=C/C(=O)c2ccccc2)cc1. The number of rotatable bonds is 4. The molecule has 0 bridgehead atoms. The summed E-state index contributed by atoms with van der Waals surface area (Å²) in [5.74, 6) is -0.0570. The van der Waals surface area contributed by atoms with E-state index in [1.54, 1.807) is 18.2 Å². The molecule has 0 amide bonds. The Hall–Kier alpha value is -3.01. The van der Waals surface area contributed by atoms with Crippen molar-refractivity contribution in [2.24, 2.45) is 0 Å². The molecule has 0 aliphatic heterocycles. The van der Waals surface area contributed by atoms with Crippen LogP contribution in [0.5, 0.6) is 0 Å². The van der Waals surface area contributed by atoms with Gasteiger partial charge in [0.15, 0.2) is 5.78 Å². The summed E-state index contributed by atoms with van der Waals surface area (Å²) in [6, 6.07) is 17.2. The highest BCUT2D eigenvalue weighted by Gasteiger charge is 2.08. The quantitative estimate of drug-likeness (QED) is 0.589. The Morgan fingerprint density at radius 2 is 1.73 bits per heavy atom. The van der Waals surface area contributed by atoms with Gasteiger partial charge in [-0.1, -0.05) is 60.2 Å². The third-order valence-corrected chi connectivity index (χ3v) is 3.35. The number of hydrogen-bond acceptors (Lipinski definition) is 3. The molecule has 0 unspecified atom stereocenters. The highest BCUT2D eigenvalue weighted by molar-refractivity contribution is 6.06. The van der Waals surface area contributed by atoms with Crippen LogP contribution in [0.1, 0.15) is 21.6 Å². The third kappa shape index (κ3) is 3.01. The monoisotopic (exact) mass is 289 g/mol. The van der Waals surface area contributed by atoms with Crippen LogP contribution in [0.2, 0.25) is 0 Å². The number of nitrogens with one attached hydrogen (secondary N) is 1. The molecule has 22 heavy (non-hydrogen) atoms. The summed E-state index contributed by atoms with van der Waals surface area (Å²) in [5, 5.41) is 10.9. The smallest absolute Gasteiger partial charge is 0.185 e. The van der Waals surface area contributed by atoms with Crippen molar-refractivity contribution in [3.8, 4) is 11.3 Å². The number of hydrogen-bond donors (Lipinski definition) is 1. The first-order chi connectivity index (χ1) is 10.7. The Morgan fingerprint density at radius 1 is 1.00 bits per heavy atom. The summed E-state index contributed by atoms with van der Waals surface area (Å²) in [6.45, 7) is 2.03. The van der Waals surface area contributed by atoms with Gasteiger partial charge in [-0.3, -0.25) is 4.79 Å². The Bertz CT molecular complexity index is 802. The number of allylic oxidation sites excluding steroid dienone is 1. The largest absolute Gasteiger partial charge is 0.289 e. The molecule has 108 valence electrons. The number of ketones is 1. The molecular weight excluding hydrogens is 274 g/mol. The van der Waals surface area contributed by atoms with E-state index < -0.39 is 0 Å². The van der Waals surface area contributed by atoms with Crippen LogP contribution >= 0.6 is 0 Å². The highest BCUT2D eigenvalue weighted by atomic mass is 16.1. The molecule has 0 atom stereocenters. The van der Waals surface area contributed by atoms with Gasteiger partial charge in [-0.2, -0.15) is 15.4 Å². The van der Waals surface area contributed by atoms with Crippen LogP contribution < -0.4 is 0 Å². The predicted molar refractivity (Wildman–Crippen MR) is 86.4 cm³/mol. The number of carbonyl (C=O) groups excluding carboxylic acids is 1. The van der Waals surface area contributed by atoms with Crippen LogP contribution in [0.4, 0.5) is 0 Å². The van der Waals surface area contributed by atoms with E-state index in [0.717, 1.165) is 11.3 Å². The number of carbonyl (C=O) groups is 1. The van der Waals surface area contributed by atoms with Crippen molar-refractivity contribution in [1.82, 2.24) is 15.4 Å². The molecule has 0 spiro atoms. The molecule has 4 heteroatoms. The second kappa shape index (κ2) is 6.18. The van der Waals surface area contributed by atoms with E-state index in [4.69, 9.17) is 0 Å². The average Bonchev–Trinajstić information content (AvgIpc) is 3.02. The van der Waals surface area contributed by atoms with Crippen molar-refractivity contribution in [3.05, 3.63) is 77.5 Å². The number of benzene rings is 2. The van der Waals surface area contributed by atoms with Gasteiger partial charge >= 0.3 is 0 Å². The van der Waals surface area contributed by atoms with E-state index >= 15 is 0 Å². The maximum Gasteiger partial charge on any atom is 0.185 e. The molecule has 3 rings (SSSR count). The van der Waals surface area contributed by atoms with Crippen LogP contribution in [0.25, 0.3) is 17.3 Å². The number of nitrogens with zero attached hydrogens (tertiary/aromatic N) is 2. The standard InChI is InChI=1S/C18H15N3O/c1-13-7-9-15(10-8-13)18-16(19-21-20-18)11-12-17(22)14-5-3-2-4-6-14/h2-12H,1H3,(H,19,20,21)/b12-11+. The predicted octanol–water partition coefficient (Wildman–Crippen LogP) is 3.68. The van der Waals surface area contributed by atoms with Crippen molar-refractivity contribution in [2.45, 2.75) is 6.92 Å². The van der Waals surface area contributed by atoms with Crippen LogP contribution in [0.3, 0.4) is 0 Å². The highest BCUT2D eigenvalue weighted by Crippen LogP contribution is 2.21. The average molecular weight is 289 g/mol. The molecular formula is C18H15N3O. The van der Waals surface area contributed by atoms with E-state index in [9.17, 15) is 4.79 Å². The summed E-state index contributed by atoms with van der Waals surface area (Å²) >= 11 is 0. The summed E-state index contributed by atoms with van der Waals surface area (Å²) in [7, 11) is 0. The first kappa shape index (κ1) is 13.9. The van der Waals surface area contributed by atoms with Crippen LogP contribution in [0, 0.1) is 6.92 Å². The lowest BCUT2D eigenvalue weighted by molar-refractivity contribution is 0.104. The van der Waals surface area contributed by atoms with E-state index in [0.29, 0.717) is 11.3 Å². The van der Waals surface area contributed by atoms with Crippen LogP contribution in [-0.4, -0.2) is 21.2 Å². The van der Waals surface area contributed by atoms with Gasteiger partial charge in [0.25, 0.3) is 0 Å². The van der Waals surface area contributed by atoms with Gasteiger partial charge in [-0.05, 0) is 19.1 Å². The second-order valence-electron chi connectivity index (χ2n) is 4.99. The fourth-order valence-electron chi connectivity index (χ4n) is 2.13. The number of aromatic nitrogens is 3. The van der Waals surface area contributed by atoms with Crippen LogP contribution in [0.15, 0.2) is 60.7 Å². The van der Waals surface area contributed by atoms with E-state index in [1.807, 2.05) is 49.4 Å². The van der Waals surface area contributed by atoms with E-state index in [2.05, 4.69) is 15.4 Å². The van der Waals surface area contributed by atoms with Crippen molar-refractivity contribution < 1.29 is 4.79 Å². The van der Waals surface area contributed by atoms with Gasteiger partial charge in [0.1, 0.15) is 11.4 Å². The molecule has 4 nitrogen and oxygen atoms in total. The number of aromatic amines is 1. The maximum atomic E-state index is 12.1. The molecule has 1 aromatic heterocycles. The van der Waals surface area contributed by atoms with Crippen LogP contribution in [-0.2, 0) is 0 Å². The maximum absolute atomic E-state index is 12.1. The van der Waals surface area contributed by atoms with Crippen molar-refractivity contribution in [3.63, 3.8) is 0 Å². The Kier molecular flexibility index (Phi) is 3.92. The molecule has 0 aliphatic carbocycles. The minimum Gasteiger partial charge on any atom is -0.289 e. The molecule has 1 N–H and O–H groups in total. The fourth-order valence-corrected chi connectivity index (χ4v) is 2.13. The topological polar surface area (TPSA) is 58.6 Å². The lowest BCUT2D eigenvalue weighted by Crippen LogP contribution is -1.93. The molecule has 0 saturated heterocycles. The van der Waals surface area contributed by atoms with Crippen molar-refractivity contribution >= 4 is 11.9 Å². The summed E-state index contributed by atoms with van der Waals surface area (Å²) in [4.78, 5) is 12.1. The first-order valence-electron chi connectivity index (χ1n) is 6.99. The Morgan fingerprint density at radius 3 is 2.45 bits per heavy atom. The number of aryl methyl sites for hydroxylation is 1. The lowest BCUT2D eigenvalue weighted by atomic mass is 10.1. The summed E-state index contributed by atoms with van der Waals surface area (Å²) < 4.78 is 0. The molecule has 0 radical (unpaired) electrons. The number of H-pyrrole nitrogens is 1. The zero-order valence-electron chi connectivity index (χ0n) is 12.2. The first-order valence-corrected chi connectivity index (χ1v) is 6.99. The van der Waals surface area contributed by atoms with Gasteiger partial charge in [0.2, 0.25) is 0 Å². The van der Waals surface area contributed by atoms with Gasteiger partial charge in [0.05, 0.1) is 0 Å². The minimum absolute atomic E-state index is 0.0570. The van der Waals surface area contributed by atoms with E-state index in [-0.39, 0.29) is 5.78 Å². The lowest BCUT2D eigenvalue weighted by Gasteiger charge is -1.98. The van der Waals surface area contributed by atoms with Gasteiger partial charge in [0, 0.05) is 11.1 Å². The van der Waals surface area contributed by atoms with Crippen molar-refractivity contribution in [2.75, 3.05) is 0 Å². The summed E-state index contributed by atoms with van der Waals surface area (Å²) in [6.07, 6.45) is 3.21. The Balaban J connectivity index is 1.85. The van der Waals surface area contributed by atoms with E-state index in [1.165, 1.54) is 11.6 Å². The molecule has 2 aromatic carbocycles. The Labute approximate surface area is 128 Å². The zero-order chi connectivity index (χ0) is 15.4. The summed E-state index contributed by atoms with van der Waals surface area (Å²) in [5.41, 5.74) is 4.18. The third-order valence-electron chi connectivity index (χ3n) is 3.35. The molecule has 0 fully saturated rings.